The highest BCUT2D eigenvalue weighted by Gasteiger charge is 2.14. The van der Waals surface area contributed by atoms with Gasteiger partial charge in [0.1, 0.15) is 11.0 Å². The molecule has 110 valence electrons. The normalized spacial score (nSPS) is 12.0. The number of nitrogens with one attached hydrogen (secondary N) is 1. The Hall–Kier alpha value is -1.85. The topological polar surface area (TPSA) is 62.2 Å². The van der Waals surface area contributed by atoms with Crippen LogP contribution in [0, 0.1) is 5.82 Å². The van der Waals surface area contributed by atoms with Crippen molar-refractivity contribution >= 4 is 29.3 Å². The lowest BCUT2D eigenvalue weighted by atomic mass is 10.0. The zero-order chi connectivity index (χ0) is 15.6. The molecule has 1 atom stereocenters. The summed E-state index contributed by atoms with van der Waals surface area (Å²) in [6.07, 6.45) is -0.108. The minimum atomic E-state index is -1.14. The predicted octanol–water partition coefficient (Wildman–Crippen LogP) is 4.52. The van der Waals surface area contributed by atoms with Crippen molar-refractivity contribution in [2.75, 3.05) is 0 Å². The highest BCUT2D eigenvalue weighted by Crippen LogP contribution is 2.31. The van der Waals surface area contributed by atoms with Crippen LogP contribution in [0.2, 0.25) is 10.2 Å². The highest BCUT2D eigenvalue weighted by atomic mass is 35.5. The number of benzene rings is 1. The zero-order valence-corrected chi connectivity index (χ0v) is 12.4. The summed E-state index contributed by atoms with van der Waals surface area (Å²) in [6.45, 7) is 1.67. The molecule has 0 spiro atoms. The van der Waals surface area contributed by atoms with Gasteiger partial charge in [0.25, 0.3) is 0 Å². The van der Waals surface area contributed by atoms with Gasteiger partial charge in [-0.3, -0.25) is 0 Å². The van der Waals surface area contributed by atoms with E-state index in [0.717, 1.165) is 6.20 Å². The average molecular weight is 329 g/mol. The molecule has 2 N–H and O–H groups in total. The molecule has 0 radical (unpaired) electrons. The summed E-state index contributed by atoms with van der Waals surface area (Å²) >= 11 is 11.9. The lowest BCUT2D eigenvalue weighted by Gasteiger charge is -2.14. The van der Waals surface area contributed by atoms with Gasteiger partial charge in [-0.1, -0.05) is 35.3 Å². The summed E-state index contributed by atoms with van der Waals surface area (Å²) in [6, 6.07) is 5.78. The SMILES string of the molecule is C[C@@H](NC(=O)O)c1ccc(-c2cc(Cl)ncc2F)cc1Cl. The summed E-state index contributed by atoms with van der Waals surface area (Å²) in [4.78, 5) is 14.3. The molecule has 0 aliphatic heterocycles. The van der Waals surface area contributed by atoms with Gasteiger partial charge in [0.05, 0.1) is 12.2 Å². The Morgan fingerprint density at radius 1 is 1.38 bits per heavy atom. The molecule has 0 unspecified atom stereocenters. The van der Waals surface area contributed by atoms with Crippen molar-refractivity contribution in [3.05, 3.63) is 52.0 Å². The Kier molecular flexibility index (Phi) is 4.65. The smallest absolute Gasteiger partial charge is 0.405 e. The largest absolute Gasteiger partial charge is 0.465 e. The Bertz CT molecular complexity index is 695. The maximum absolute atomic E-state index is 13.8. The second-order valence-corrected chi connectivity index (χ2v) is 5.19. The van der Waals surface area contributed by atoms with Gasteiger partial charge in [0, 0.05) is 10.6 Å². The molecule has 2 rings (SSSR count). The first-order valence-corrected chi connectivity index (χ1v) is 6.74. The van der Waals surface area contributed by atoms with Crippen molar-refractivity contribution in [1.29, 1.82) is 0 Å². The number of aromatic nitrogens is 1. The second kappa shape index (κ2) is 6.28. The summed E-state index contributed by atoms with van der Waals surface area (Å²) in [5.41, 5.74) is 1.42. The lowest BCUT2D eigenvalue weighted by molar-refractivity contribution is 0.191. The first-order chi connectivity index (χ1) is 9.88. The first kappa shape index (κ1) is 15.5. The van der Waals surface area contributed by atoms with Crippen molar-refractivity contribution in [3.63, 3.8) is 0 Å². The predicted molar refractivity (Wildman–Crippen MR) is 79.2 cm³/mol. The van der Waals surface area contributed by atoms with E-state index in [9.17, 15) is 9.18 Å². The van der Waals surface area contributed by atoms with Gasteiger partial charge in [-0.25, -0.2) is 14.2 Å². The van der Waals surface area contributed by atoms with Gasteiger partial charge in [0.15, 0.2) is 0 Å². The molecular formula is C14H11Cl2FN2O2. The number of amides is 1. The third-order valence-corrected chi connectivity index (χ3v) is 3.47. The Labute approximate surface area is 130 Å². The number of carboxylic acid groups (broad SMARTS) is 1. The molecule has 0 saturated carbocycles. The van der Waals surface area contributed by atoms with Crippen LogP contribution < -0.4 is 5.32 Å². The van der Waals surface area contributed by atoms with Crippen molar-refractivity contribution < 1.29 is 14.3 Å². The summed E-state index contributed by atoms with van der Waals surface area (Å²) < 4.78 is 13.8. The minimum absolute atomic E-state index is 0.174. The highest BCUT2D eigenvalue weighted by molar-refractivity contribution is 6.32. The molecule has 1 aromatic heterocycles. The zero-order valence-electron chi connectivity index (χ0n) is 10.9. The number of nitrogens with zero attached hydrogens (tertiary/aromatic N) is 1. The maximum Gasteiger partial charge on any atom is 0.405 e. The number of pyridine rings is 1. The van der Waals surface area contributed by atoms with Gasteiger partial charge in [-0.15, -0.1) is 0 Å². The molecule has 0 aliphatic rings. The number of carbonyl (C=O) groups is 1. The van der Waals surface area contributed by atoms with E-state index in [-0.39, 0.29) is 10.7 Å². The summed E-state index contributed by atoms with van der Waals surface area (Å²) in [7, 11) is 0. The van der Waals surface area contributed by atoms with Gasteiger partial charge in [-0.05, 0) is 30.2 Å². The van der Waals surface area contributed by atoms with E-state index < -0.39 is 18.0 Å². The molecule has 1 aromatic carbocycles. The number of halogens is 3. The van der Waals surface area contributed by atoms with E-state index in [2.05, 4.69) is 10.3 Å². The fourth-order valence-corrected chi connectivity index (χ4v) is 2.45. The van der Waals surface area contributed by atoms with Crippen LogP contribution in [0.4, 0.5) is 9.18 Å². The molecular weight excluding hydrogens is 318 g/mol. The van der Waals surface area contributed by atoms with Crippen LogP contribution in [-0.4, -0.2) is 16.2 Å². The quantitative estimate of drug-likeness (QED) is 0.814. The van der Waals surface area contributed by atoms with E-state index >= 15 is 0 Å². The molecule has 0 aliphatic carbocycles. The lowest BCUT2D eigenvalue weighted by Crippen LogP contribution is -2.24. The average Bonchev–Trinajstić information content (AvgIpc) is 2.40. The molecule has 21 heavy (non-hydrogen) atoms. The van der Waals surface area contributed by atoms with E-state index in [1.165, 1.54) is 6.07 Å². The van der Waals surface area contributed by atoms with Gasteiger partial charge in [0.2, 0.25) is 0 Å². The molecule has 0 fully saturated rings. The van der Waals surface area contributed by atoms with Gasteiger partial charge < -0.3 is 10.4 Å². The summed E-state index contributed by atoms with van der Waals surface area (Å²) in [5.74, 6) is -0.514. The van der Waals surface area contributed by atoms with E-state index in [1.807, 2.05) is 0 Å². The van der Waals surface area contributed by atoms with Crippen molar-refractivity contribution in [2.24, 2.45) is 0 Å². The number of hydrogen-bond donors (Lipinski definition) is 2. The van der Waals surface area contributed by atoms with Crippen LogP contribution in [0.25, 0.3) is 11.1 Å². The van der Waals surface area contributed by atoms with Crippen LogP contribution in [-0.2, 0) is 0 Å². The fourth-order valence-electron chi connectivity index (χ4n) is 1.94. The molecule has 1 amide bonds. The van der Waals surface area contributed by atoms with Crippen LogP contribution in [0.5, 0.6) is 0 Å². The number of rotatable bonds is 3. The molecule has 2 aromatic rings. The Balaban J connectivity index is 2.39. The van der Waals surface area contributed by atoms with Gasteiger partial charge >= 0.3 is 6.09 Å². The van der Waals surface area contributed by atoms with Crippen LogP contribution in [0.1, 0.15) is 18.5 Å². The van der Waals surface area contributed by atoms with Gasteiger partial charge in [-0.2, -0.15) is 0 Å². The fraction of sp³-hybridized carbons (Fsp3) is 0.143. The van der Waals surface area contributed by atoms with Crippen molar-refractivity contribution in [1.82, 2.24) is 10.3 Å². The van der Waals surface area contributed by atoms with Crippen LogP contribution in [0.15, 0.2) is 30.5 Å². The third kappa shape index (κ3) is 3.62. The minimum Gasteiger partial charge on any atom is -0.465 e. The van der Waals surface area contributed by atoms with E-state index in [4.69, 9.17) is 28.3 Å². The maximum atomic E-state index is 13.8. The van der Waals surface area contributed by atoms with E-state index in [1.54, 1.807) is 25.1 Å². The second-order valence-electron chi connectivity index (χ2n) is 4.39. The standard InChI is InChI=1S/C14H11Cl2FN2O2/c1-7(19-14(20)21)9-3-2-8(4-11(9)15)10-5-13(16)18-6-12(10)17/h2-7,19H,1H3,(H,20,21)/t7-/m1/s1. The Morgan fingerprint density at radius 3 is 2.71 bits per heavy atom. The van der Waals surface area contributed by atoms with Crippen LogP contribution >= 0.6 is 23.2 Å². The van der Waals surface area contributed by atoms with Crippen LogP contribution in [0.3, 0.4) is 0 Å². The number of hydrogen-bond acceptors (Lipinski definition) is 2. The van der Waals surface area contributed by atoms with Crippen molar-refractivity contribution in [3.8, 4) is 11.1 Å². The molecule has 7 heteroatoms. The first-order valence-electron chi connectivity index (χ1n) is 5.99. The molecule has 0 bridgehead atoms. The third-order valence-electron chi connectivity index (χ3n) is 2.94. The van der Waals surface area contributed by atoms with Crippen molar-refractivity contribution in [2.45, 2.75) is 13.0 Å². The molecule has 1 heterocycles. The Morgan fingerprint density at radius 2 is 2.10 bits per heavy atom. The monoisotopic (exact) mass is 328 g/mol. The molecule has 4 nitrogen and oxygen atoms in total. The summed E-state index contributed by atoms with van der Waals surface area (Å²) in [5, 5.41) is 11.5. The molecule has 0 saturated heterocycles. The van der Waals surface area contributed by atoms with E-state index in [0.29, 0.717) is 16.1 Å².